The van der Waals surface area contributed by atoms with Gasteiger partial charge in [0.2, 0.25) is 0 Å². The Morgan fingerprint density at radius 1 is 1.19 bits per heavy atom. The number of nitrogens with one attached hydrogen (secondary N) is 1. The van der Waals surface area contributed by atoms with Gasteiger partial charge in [0.15, 0.2) is 0 Å². The highest BCUT2D eigenvalue weighted by Gasteiger charge is 2.11. The summed E-state index contributed by atoms with van der Waals surface area (Å²) >= 11 is 7.98. The third-order valence-corrected chi connectivity index (χ3v) is 5.31. The Balaban J connectivity index is 1.53. The van der Waals surface area contributed by atoms with Crippen LogP contribution in [0.15, 0.2) is 54.2 Å². The first-order valence-corrected chi connectivity index (χ1v) is 9.49. The van der Waals surface area contributed by atoms with E-state index >= 15 is 0 Å². The number of thiophene rings is 1. The molecule has 0 atom stereocenters. The van der Waals surface area contributed by atoms with E-state index < -0.39 is 0 Å². The first-order valence-electron chi connectivity index (χ1n) is 8.23. The fourth-order valence-electron chi connectivity index (χ4n) is 2.74. The van der Waals surface area contributed by atoms with Crippen LogP contribution in [0.4, 0.5) is 15.9 Å². The first-order chi connectivity index (χ1) is 13.1. The topological polar surface area (TPSA) is 47.0 Å². The maximum absolute atomic E-state index is 13.7. The molecule has 27 heavy (non-hydrogen) atoms. The molecule has 4 nitrogen and oxygen atoms in total. The molecule has 0 aliphatic carbocycles. The monoisotopic (exact) mass is 399 g/mol. The van der Waals surface area contributed by atoms with E-state index in [4.69, 9.17) is 16.3 Å². The van der Waals surface area contributed by atoms with Gasteiger partial charge in [0.1, 0.15) is 30.3 Å². The highest BCUT2D eigenvalue weighted by Crippen LogP contribution is 2.33. The number of rotatable bonds is 5. The number of halogens is 2. The number of aryl methyl sites for hydroxylation is 1. The SMILES string of the molecule is Cc1scc2ncnc(Nc3ccc(OCc4ccccc4F)c(Cl)c3)c12. The third-order valence-electron chi connectivity index (χ3n) is 4.11. The van der Waals surface area contributed by atoms with Crippen LogP contribution < -0.4 is 10.1 Å². The van der Waals surface area contributed by atoms with Crippen LogP contribution in [-0.4, -0.2) is 9.97 Å². The summed E-state index contributed by atoms with van der Waals surface area (Å²) in [6, 6.07) is 11.9. The second kappa shape index (κ2) is 7.50. The highest BCUT2D eigenvalue weighted by atomic mass is 35.5. The minimum absolute atomic E-state index is 0.111. The molecule has 0 saturated carbocycles. The number of nitrogens with zero attached hydrogens (tertiary/aromatic N) is 2. The van der Waals surface area contributed by atoms with Gasteiger partial charge in [-0.15, -0.1) is 11.3 Å². The quantitative estimate of drug-likeness (QED) is 0.439. The number of hydrogen-bond acceptors (Lipinski definition) is 5. The molecule has 0 radical (unpaired) electrons. The molecule has 4 rings (SSSR count). The second-order valence-electron chi connectivity index (χ2n) is 5.92. The molecule has 0 amide bonds. The number of anilines is 2. The van der Waals surface area contributed by atoms with Crippen LogP contribution in [0.1, 0.15) is 10.4 Å². The summed E-state index contributed by atoms with van der Waals surface area (Å²) in [4.78, 5) is 9.76. The number of benzene rings is 2. The Bertz CT molecular complexity index is 1120. The van der Waals surface area contributed by atoms with Crippen molar-refractivity contribution in [2.45, 2.75) is 13.5 Å². The van der Waals surface area contributed by atoms with Crippen molar-refractivity contribution >= 4 is 45.3 Å². The fourth-order valence-corrected chi connectivity index (χ4v) is 3.76. The summed E-state index contributed by atoms with van der Waals surface area (Å²) in [5.74, 6) is 0.922. The molecule has 2 heterocycles. The van der Waals surface area contributed by atoms with E-state index in [1.807, 2.05) is 18.4 Å². The summed E-state index contributed by atoms with van der Waals surface area (Å²) < 4.78 is 19.4. The van der Waals surface area contributed by atoms with E-state index in [0.717, 1.165) is 27.3 Å². The van der Waals surface area contributed by atoms with Crippen molar-refractivity contribution in [3.05, 3.63) is 75.5 Å². The lowest BCUT2D eigenvalue weighted by molar-refractivity contribution is 0.300. The number of ether oxygens (including phenoxy) is 1. The molecule has 2 aromatic heterocycles. The van der Waals surface area contributed by atoms with Gasteiger partial charge in [-0.1, -0.05) is 29.8 Å². The van der Waals surface area contributed by atoms with Crippen LogP contribution in [0.25, 0.3) is 10.9 Å². The molecular formula is C20H15ClFN3OS. The molecule has 0 bridgehead atoms. The first kappa shape index (κ1) is 17.7. The molecule has 1 N–H and O–H groups in total. The van der Waals surface area contributed by atoms with Gasteiger partial charge in [0.25, 0.3) is 0 Å². The second-order valence-corrected chi connectivity index (χ2v) is 7.42. The summed E-state index contributed by atoms with van der Waals surface area (Å²) in [7, 11) is 0. The van der Waals surface area contributed by atoms with E-state index in [0.29, 0.717) is 16.3 Å². The molecule has 2 aromatic carbocycles. The predicted molar refractivity (Wildman–Crippen MR) is 108 cm³/mol. The van der Waals surface area contributed by atoms with Gasteiger partial charge in [-0.25, -0.2) is 14.4 Å². The zero-order valence-corrected chi connectivity index (χ0v) is 15.9. The van der Waals surface area contributed by atoms with Gasteiger partial charge < -0.3 is 10.1 Å². The van der Waals surface area contributed by atoms with E-state index in [2.05, 4.69) is 15.3 Å². The van der Waals surface area contributed by atoms with Crippen LogP contribution in [0.5, 0.6) is 5.75 Å². The minimum Gasteiger partial charge on any atom is -0.487 e. The van der Waals surface area contributed by atoms with Gasteiger partial charge in [0.05, 0.1) is 15.9 Å². The zero-order chi connectivity index (χ0) is 18.8. The molecule has 0 aliphatic rings. The molecule has 0 saturated heterocycles. The zero-order valence-electron chi connectivity index (χ0n) is 14.4. The normalized spacial score (nSPS) is 10.9. The average Bonchev–Trinajstić information content (AvgIpc) is 3.04. The van der Waals surface area contributed by atoms with Crippen LogP contribution in [0.2, 0.25) is 5.02 Å². The smallest absolute Gasteiger partial charge is 0.142 e. The molecule has 0 spiro atoms. The van der Waals surface area contributed by atoms with Gasteiger partial charge in [-0.05, 0) is 31.2 Å². The Morgan fingerprint density at radius 3 is 2.85 bits per heavy atom. The van der Waals surface area contributed by atoms with E-state index in [1.165, 1.54) is 12.4 Å². The summed E-state index contributed by atoms with van der Waals surface area (Å²) in [5, 5.41) is 6.72. The van der Waals surface area contributed by atoms with Gasteiger partial charge in [0, 0.05) is 21.5 Å². The van der Waals surface area contributed by atoms with E-state index in [1.54, 1.807) is 41.7 Å². The Kier molecular flexibility index (Phi) is 4.92. The average molecular weight is 400 g/mol. The summed E-state index contributed by atoms with van der Waals surface area (Å²) in [6.07, 6.45) is 1.53. The third kappa shape index (κ3) is 3.72. The van der Waals surface area contributed by atoms with Crippen LogP contribution in [0.3, 0.4) is 0 Å². The molecule has 4 aromatic rings. The maximum Gasteiger partial charge on any atom is 0.142 e. The number of aromatic nitrogens is 2. The van der Waals surface area contributed by atoms with Crippen LogP contribution in [-0.2, 0) is 6.61 Å². The van der Waals surface area contributed by atoms with Gasteiger partial charge >= 0.3 is 0 Å². The molecule has 136 valence electrons. The molecule has 0 aliphatic heterocycles. The van der Waals surface area contributed by atoms with Gasteiger partial charge in [-0.2, -0.15) is 0 Å². The fraction of sp³-hybridized carbons (Fsp3) is 0.100. The lowest BCUT2D eigenvalue weighted by atomic mass is 10.2. The van der Waals surface area contributed by atoms with E-state index in [-0.39, 0.29) is 12.4 Å². The predicted octanol–water partition coefficient (Wildman–Crippen LogP) is 6.11. The summed E-state index contributed by atoms with van der Waals surface area (Å²) in [6.45, 7) is 2.15. The molecule has 0 fully saturated rings. The standard InChI is InChI=1S/C20H15ClFN3OS/c1-12-19-17(10-27-12)23-11-24-20(19)25-14-6-7-18(15(21)8-14)26-9-13-4-2-3-5-16(13)22/h2-8,10-11H,9H2,1H3,(H,23,24,25). The molecular weight excluding hydrogens is 385 g/mol. The minimum atomic E-state index is -0.300. The van der Waals surface area contributed by atoms with Crippen molar-refractivity contribution in [2.24, 2.45) is 0 Å². The largest absolute Gasteiger partial charge is 0.487 e. The highest BCUT2D eigenvalue weighted by molar-refractivity contribution is 7.11. The lowest BCUT2D eigenvalue weighted by Crippen LogP contribution is -1.99. The Hall–Kier alpha value is -2.70. The maximum atomic E-state index is 13.7. The van der Waals surface area contributed by atoms with Crippen LogP contribution >= 0.6 is 22.9 Å². The molecule has 0 unspecified atom stereocenters. The van der Waals surface area contributed by atoms with E-state index in [9.17, 15) is 4.39 Å². The molecule has 7 heteroatoms. The Labute approximate surface area is 164 Å². The Morgan fingerprint density at radius 2 is 2.04 bits per heavy atom. The van der Waals surface area contributed by atoms with Crippen molar-refractivity contribution in [1.29, 1.82) is 0 Å². The number of hydrogen-bond donors (Lipinski definition) is 1. The van der Waals surface area contributed by atoms with Crippen molar-refractivity contribution in [3.8, 4) is 5.75 Å². The summed E-state index contributed by atoms with van der Waals surface area (Å²) in [5.41, 5.74) is 2.17. The lowest BCUT2D eigenvalue weighted by Gasteiger charge is -2.12. The van der Waals surface area contributed by atoms with Crippen molar-refractivity contribution in [1.82, 2.24) is 9.97 Å². The van der Waals surface area contributed by atoms with Crippen molar-refractivity contribution < 1.29 is 9.13 Å². The van der Waals surface area contributed by atoms with Crippen molar-refractivity contribution in [3.63, 3.8) is 0 Å². The van der Waals surface area contributed by atoms with Crippen LogP contribution in [0, 0.1) is 12.7 Å². The van der Waals surface area contributed by atoms with Gasteiger partial charge in [-0.3, -0.25) is 0 Å². The number of fused-ring (bicyclic) bond motifs is 1. The van der Waals surface area contributed by atoms with Crippen molar-refractivity contribution in [2.75, 3.05) is 5.32 Å².